The molecule has 2 heterocycles. The number of hydrogen-bond acceptors (Lipinski definition) is 0. The number of nitrogens with zero attached hydrogens (tertiary/aromatic N) is 1. The second-order valence-corrected chi connectivity index (χ2v) is 10.4. The zero-order chi connectivity index (χ0) is 23.4. The first-order valence-electron chi connectivity index (χ1n) is 11.9. The fourth-order valence-electron chi connectivity index (χ4n) is 5.84. The highest BCUT2D eigenvalue weighted by molar-refractivity contribution is 6.89. The predicted molar refractivity (Wildman–Crippen MR) is 147 cm³/mol. The number of allylic oxidation sites excluding steroid dienone is 1. The molecular weight excluding hydrogens is 397 g/mol. The van der Waals surface area contributed by atoms with Crippen molar-refractivity contribution in [2.24, 2.45) is 0 Å². The van der Waals surface area contributed by atoms with Crippen molar-refractivity contribution in [1.29, 1.82) is 0 Å². The first-order valence-corrected chi connectivity index (χ1v) is 11.9. The van der Waals surface area contributed by atoms with Crippen molar-refractivity contribution in [2.75, 3.05) is 0 Å². The number of hydrogen-bond donors (Lipinski definition) is 0. The number of aromatic nitrogens is 1. The van der Waals surface area contributed by atoms with Crippen molar-refractivity contribution in [3.8, 4) is 16.8 Å². The third kappa shape index (κ3) is 3.23. The van der Waals surface area contributed by atoms with Crippen LogP contribution in [-0.2, 0) is 0 Å². The van der Waals surface area contributed by atoms with Gasteiger partial charge in [0.15, 0.2) is 6.71 Å². The lowest BCUT2D eigenvalue weighted by Crippen LogP contribution is -2.21. The van der Waals surface area contributed by atoms with E-state index in [1.807, 2.05) is 6.08 Å². The summed E-state index contributed by atoms with van der Waals surface area (Å²) in [6.45, 7) is 16.4. The van der Waals surface area contributed by atoms with Crippen LogP contribution in [0, 0.1) is 0 Å². The van der Waals surface area contributed by atoms with Gasteiger partial charge < -0.3 is 4.57 Å². The minimum Gasteiger partial charge on any atom is -0.309 e. The van der Waals surface area contributed by atoms with E-state index in [1.165, 1.54) is 38.7 Å². The Balaban J connectivity index is 1.72. The molecule has 0 unspecified atom stereocenters. The van der Waals surface area contributed by atoms with E-state index in [-0.39, 0.29) is 0 Å². The van der Waals surface area contributed by atoms with Gasteiger partial charge in [-0.25, -0.2) is 0 Å². The van der Waals surface area contributed by atoms with Crippen LogP contribution in [0.3, 0.4) is 0 Å². The average molecular weight is 429 g/mol. The summed E-state index contributed by atoms with van der Waals surface area (Å²) in [5.41, 5.74) is 8.67. The normalized spacial score (nSPS) is 16.5. The van der Waals surface area contributed by atoms with Gasteiger partial charge >= 0.3 is 0 Å². The van der Waals surface area contributed by atoms with Gasteiger partial charge in [-0.3, -0.25) is 0 Å². The molecule has 2 heteroatoms. The molecule has 0 bridgehead atoms. The van der Waals surface area contributed by atoms with Crippen LogP contribution in [0.5, 0.6) is 0 Å². The van der Waals surface area contributed by atoms with Crippen LogP contribution in [0.25, 0.3) is 39.9 Å². The summed E-state index contributed by atoms with van der Waals surface area (Å²) in [6, 6.07) is 26.5. The Kier molecular flexibility index (Phi) is 5.01. The molecule has 0 radical (unpaired) electrons. The van der Waals surface area contributed by atoms with Crippen molar-refractivity contribution in [2.45, 2.75) is 45.2 Å². The smallest absolute Gasteiger partial charge is 0.187 e. The van der Waals surface area contributed by atoms with Crippen molar-refractivity contribution in [1.82, 2.24) is 4.57 Å². The molecule has 5 rings (SSSR count). The maximum atomic E-state index is 4.20. The van der Waals surface area contributed by atoms with Crippen LogP contribution in [0.15, 0.2) is 85.5 Å². The van der Waals surface area contributed by atoms with Crippen LogP contribution in [0.2, 0.25) is 10.6 Å². The lowest BCUT2D eigenvalue weighted by Gasteiger charge is -2.12. The highest BCUT2D eigenvalue weighted by Crippen LogP contribution is 2.73. The molecule has 0 spiro atoms. The summed E-state index contributed by atoms with van der Waals surface area (Å²) in [5.74, 6) is 0. The molecule has 0 N–H and O–H groups in total. The van der Waals surface area contributed by atoms with E-state index in [0.29, 0.717) is 17.3 Å². The van der Waals surface area contributed by atoms with E-state index in [9.17, 15) is 0 Å². The van der Waals surface area contributed by atoms with Gasteiger partial charge in [-0.2, -0.15) is 0 Å². The van der Waals surface area contributed by atoms with Crippen LogP contribution in [0.4, 0.5) is 0 Å². The largest absolute Gasteiger partial charge is 0.309 e. The molecule has 1 aromatic heterocycles. The van der Waals surface area contributed by atoms with Crippen LogP contribution in [0.1, 0.15) is 45.9 Å². The van der Waals surface area contributed by atoms with Crippen molar-refractivity contribution < 1.29 is 0 Å². The molecule has 1 saturated heterocycles. The molecule has 4 aromatic rings. The molecule has 1 fully saturated rings. The highest BCUT2D eigenvalue weighted by Gasteiger charge is 2.67. The topological polar surface area (TPSA) is 4.93 Å². The Morgan fingerprint density at radius 2 is 1.55 bits per heavy atom. The summed E-state index contributed by atoms with van der Waals surface area (Å²) in [6.07, 6.45) is 6.32. The predicted octanol–water partition coefficient (Wildman–Crippen LogP) is 8.25. The molecule has 0 atom stereocenters. The Hall–Kier alpha value is -3.26. The van der Waals surface area contributed by atoms with Gasteiger partial charge in [0.2, 0.25) is 0 Å². The van der Waals surface area contributed by atoms with E-state index in [2.05, 4.69) is 131 Å². The highest BCUT2D eigenvalue weighted by atomic mass is 15.0. The molecule has 0 aliphatic carbocycles. The first kappa shape index (κ1) is 21.6. The second-order valence-electron chi connectivity index (χ2n) is 10.4. The summed E-state index contributed by atoms with van der Waals surface area (Å²) in [4.78, 5) is 0. The third-order valence-corrected chi connectivity index (χ3v) is 8.16. The summed E-state index contributed by atoms with van der Waals surface area (Å²) in [5, 5.41) is 1.88. The van der Waals surface area contributed by atoms with E-state index in [0.717, 1.165) is 5.69 Å². The van der Waals surface area contributed by atoms with Gasteiger partial charge in [-0.05, 0) is 48.4 Å². The maximum absolute atomic E-state index is 4.20. The quantitative estimate of drug-likeness (QED) is 0.282. The Labute approximate surface area is 198 Å². The van der Waals surface area contributed by atoms with Crippen molar-refractivity contribution >= 4 is 35.2 Å². The van der Waals surface area contributed by atoms with Gasteiger partial charge in [0.05, 0.1) is 11.2 Å². The van der Waals surface area contributed by atoms with Gasteiger partial charge in [0.25, 0.3) is 0 Å². The van der Waals surface area contributed by atoms with Crippen LogP contribution >= 0.6 is 0 Å². The second kappa shape index (κ2) is 7.66. The fourth-order valence-corrected chi connectivity index (χ4v) is 5.84. The fraction of sp³-hybridized carbons (Fsp3) is 0.226. The van der Waals surface area contributed by atoms with Crippen LogP contribution < -0.4 is 5.46 Å². The Morgan fingerprint density at radius 3 is 2.18 bits per heavy atom. The molecule has 0 saturated carbocycles. The molecule has 164 valence electrons. The monoisotopic (exact) mass is 429 g/mol. The van der Waals surface area contributed by atoms with Crippen LogP contribution in [-0.4, -0.2) is 11.3 Å². The molecule has 1 aliphatic heterocycles. The first-order chi connectivity index (χ1) is 15.8. The minimum absolute atomic E-state index is 0.312. The average Bonchev–Trinajstić information content (AvgIpc) is 3.08. The lowest BCUT2D eigenvalue weighted by molar-refractivity contribution is 0.628. The molecule has 3 aromatic carbocycles. The zero-order valence-corrected chi connectivity index (χ0v) is 20.4. The molecule has 1 nitrogen and oxygen atoms in total. The number of benzene rings is 3. The summed E-state index contributed by atoms with van der Waals surface area (Å²) >= 11 is 0. The van der Waals surface area contributed by atoms with E-state index in [1.54, 1.807) is 0 Å². The standard InChI is InChI=1S/C31H32BN/c1-7-13-26-27-20-23(22-14-10-9-11-15-22)18-19-29(27)33(28(26)8-2)25-17-12-16-24(21-25)32-30(3,4)31(32,5)6/h7-21H,2H2,1,3-6H3/b13-7-. The Bertz CT molecular complexity index is 1370. The number of rotatable bonds is 5. The van der Waals surface area contributed by atoms with Gasteiger partial charge in [0, 0.05) is 16.6 Å². The lowest BCUT2D eigenvalue weighted by atomic mass is 9.53. The molecular formula is C31H32BN. The maximum Gasteiger partial charge on any atom is 0.187 e. The third-order valence-electron chi connectivity index (χ3n) is 8.16. The zero-order valence-electron chi connectivity index (χ0n) is 20.4. The van der Waals surface area contributed by atoms with E-state index >= 15 is 0 Å². The number of fused-ring (bicyclic) bond motifs is 1. The van der Waals surface area contributed by atoms with Crippen molar-refractivity contribution in [3.05, 3.63) is 96.7 Å². The summed E-state index contributed by atoms with van der Waals surface area (Å²) in [7, 11) is 0. The molecule has 1 aliphatic rings. The van der Waals surface area contributed by atoms with Gasteiger partial charge in [0.1, 0.15) is 0 Å². The van der Waals surface area contributed by atoms with Gasteiger partial charge in [-0.1, -0.05) is 111 Å². The van der Waals surface area contributed by atoms with E-state index in [4.69, 9.17) is 0 Å². The minimum atomic E-state index is 0.312. The van der Waals surface area contributed by atoms with Crippen molar-refractivity contribution in [3.63, 3.8) is 0 Å². The summed E-state index contributed by atoms with van der Waals surface area (Å²) < 4.78 is 2.37. The molecule has 0 amide bonds. The van der Waals surface area contributed by atoms with E-state index < -0.39 is 0 Å². The Morgan fingerprint density at radius 1 is 0.818 bits per heavy atom. The van der Waals surface area contributed by atoms with Gasteiger partial charge in [-0.15, -0.1) is 0 Å². The SMILES string of the molecule is C=Cc1c(/C=C\C)c2cc(-c3ccccc3)ccc2n1-c1cccc(B2C(C)(C)C2(C)C)c1. The molecule has 33 heavy (non-hydrogen) atoms.